The second-order valence-corrected chi connectivity index (χ2v) is 4.38. The highest BCUT2D eigenvalue weighted by atomic mass is 16.2. The van der Waals surface area contributed by atoms with Gasteiger partial charge in [-0.2, -0.15) is 15.6 Å². The summed E-state index contributed by atoms with van der Waals surface area (Å²) in [4.78, 5) is 11.9. The number of rotatable bonds is 3. The van der Waals surface area contributed by atoms with E-state index in [1.54, 1.807) is 6.92 Å². The van der Waals surface area contributed by atoms with Crippen molar-refractivity contribution in [3.63, 3.8) is 0 Å². The number of hydrazone groups is 1. The van der Waals surface area contributed by atoms with Crippen molar-refractivity contribution >= 4 is 11.6 Å². The third kappa shape index (κ3) is 2.31. The van der Waals surface area contributed by atoms with Crippen molar-refractivity contribution in [3.05, 3.63) is 35.9 Å². The summed E-state index contributed by atoms with van der Waals surface area (Å²) in [5.74, 6) is -2.21. The van der Waals surface area contributed by atoms with Crippen LogP contribution in [0.2, 0.25) is 0 Å². The van der Waals surface area contributed by atoms with Crippen LogP contribution in [-0.2, 0) is 4.79 Å². The minimum absolute atomic E-state index is 0.262. The lowest BCUT2D eigenvalue weighted by Crippen LogP contribution is -2.32. The number of amides is 1. The van der Waals surface area contributed by atoms with Crippen molar-refractivity contribution in [3.8, 4) is 12.1 Å². The molecule has 0 spiro atoms. The van der Waals surface area contributed by atoms with Crippen molar-refractivity contribution < 1.29 is 4.79 Å². The molecule has 5 nitrogen and oxygen atoms in total. The van der Waals surface area contributed by atoms with Gasteiger partial charge in [-0.25, -0.2) is 5.43 Å². The molecule has 1 aromatic rings. The first-order chi connectivity index (χ1) is 9.19. The fourth-order valence-electron chi connectivity index (χ4n) is 2.34. The Labute approximate surface area is 111 Å². The van der Waals surface area contributed by atoms with Gasteiger partial charge < -0.3 is 0 Å². The first kappa shape index (κ1) is 12.8. The van der Waals surface area contributed by atoms with Crippen molar-refractivity contribution in [1.82, 2.24) is 5.43 Å². The first-order valence-corrected chi connectivity index (χ1v) is 5.87. The molecular weight excluding hydrogens is 240 g/mol. The molecule has 1 amide bonds. The van der Waals surface area contributed by atoms with E-state index in [4.69, 9.17) is 10.5 Å². The van der Waals surface area contributed by atoms with Gasteiger partial charge in [-0.05, 0) is 12.5 Å². The van der Waals surface area contributed by atoms with Gasteiger partial charge in [0.1, 0.15) is 5.92 Å². The molecule has 2 rings (SSSR count). The van der Waals surface area contributed by atoms with E-state index in [0.717, 1.165) is 5.56 Å². The highest BCUT2D eigenvalue weighted by molar-refractivity contribution is 6.07. The summed E-state index contributed by atoms with van der Waals surface area (Å²) in [5.41, 5.74) is 3.81. The van der Waals surface area contributed by atoms with Gasteiger partial charge in [-0.15, -0.1) is 0 Å². The van der Waals surface area contributed by atoms with E-state index in [1.807, 2.05) is 42.5 Å². The lowest BCUT2D eigenvalue weighted by Gasteiger charge is -2.22. The van der Waals surface area contributed by atoms with Crippen LogP contribution in [-0.4, -0.2) is 11.6 Å². The Kier molecular flexibility index (Phi) is 3.58. The van der Waals surface area contributed by atoms with Gasteiger partial charge in [0.25, 0.3) is 0 Å². The van der Waals surface area contributed by atoms with Crippen molar-refractivity contribution in [1.29, 1.82) is 10.5 Å². The number of hydrogen-bond donors (Lipinski definition) is 1. The molecule has 1 N–H and O–H groups in total. The zero-order valence-electron chi connectivity index (χ0n) is 10.4. The van der Waals surface area contributed by atoms with E-state index in [2.05, 4.69) is 10.5 Å². The van der Waals surface area contributed by atoms with Crippen LogP contribution in [0, 0.1) is 34.5 Å². The third-order valence-electron chi connectivity index (χ3n) is 3.26. The van der Waals surface area contributed by atoms with E-state index >= 15 is 0 Å². The van der Waals surface area contributed by atoms with Gasteiger partial charge in [0.05, 0.1) is 18.1 Å². The zero-order valence-corrected chi connectivity index (χ0v) is 10.4. The quantitative estimate of drug-likeness (QED) is 0.885. The van der Waals surface area contributed by atoms with E-state index < -0.39 is 17.8 Å². The molecule has 2 atom stereocenters. The number of carbonyl (C=O) groups is 1. The minimum atomic E-state index is -0.888. The highest BCUT2D eigenvalue weighted by Crippen LogP contribution is 2.34. The van der Waals surface area contributed by atoms with Crippen LogP contribution in [0.3, 0.4) is 0 Å². The van der Waals surface area contributed by atoms with Crippen LogP contribution in [0.15, 0.2) is 35.4 Å². The maximum absolute atomic E-state index is 11.9. The molecule has 5 heteroatoms. The average Bonchev–Trinajstić information content (AvgIpc) is 2.77. The number of benzene rings is 1. The van der Waals surface area contributed by atoms with Crippen LogP contribution < -0.4 is 5.43 Å². The maximum atomic E-state index is 11.9. The van der Waals surface area contributed by atoms with Crippen LogP contribution in [0.5, 0.6) is 0 Å². The molecule has 19 heavy (non-hydrogen) atoms. The van der Waals surface area contributed by atoms with E-state index in [0.29, 0.717) is 5.71 Å². The summed E-state index contributed by atoms with van der Waals surface area (Å²) in [5, 5.41) is 22.2. The predicted octanol–water partition coefficient (Wildman–Crippen LogP) is 1.56. The molecule has 0 aromatic heterocycles. The lowest BCUT2D eigenvalue weighted by molar-refractivity contribution is -0.122. The number of carbonyl (C=O) groups excluding carboxylic acids is 1. The standard InChI is InChI=1S/C14H12N4O/c1-9-12(14(19)18-17-9)13(11(7-15)8-16)10-5-3-2-4-6-10/h2-6,11-13H,1H3,(H,18,19)/t12-,13+/m1/s1. The van der Waals surface area contributed by atoms with Gasteiger partial charge in [0, 0.05) is 11.6 Å². The Balaban J connectivity index is 2.48. The molecule has 0 saturated carbocycles. The number of nitrogens with one attached hydrogen (secondary N) is 1. The average molecular weight is 252 g/mol. The third-order valence-corrected chi connectivity index (χ3v) is 3.26. The lowest BCUT2D eigenvalue weighted by atomic mass is 9.76. The maximum Gasteiger partial charge on any atom is 0.249 e. The van der Waals surface area contributed by atoms with E-state index in [-0.39, 0.29) is 5.91 Å². The summed E-state index contributed by atoms with van der Waals surface area (Å²) < 4.78 is 0. The van der Waals surface area contributed by atoms with E-state index in [9.17, 15) is 4.79 Å². The fourth-order valence-corrected chi connectivity index (χ4v) is 2.34. The summed E-state index contributed by atoms with van der Waals surface area (Å²) in [7, 11) is 0. The molecule has 1 aliphatic heterocycles. The Morgan fingerprint density at radius 1 is 1.26 bits per heavy atom. The summed E-state index contributed by atoms with van der Waals surface area (Å²) in [6.07, 6.45) is 0. The monoisotopic (exact) mass is 252 g/mol. The predicted molar refractivity (Wildman–Crippen MR) is 68.6 cm³/mol. The molecule has 0 saturated heterocycles. The molecule has 0 unspecified atom stereocenters. The van der Waals surface area contributed by atoms with Crippen LogP contribution in [0.4, 0.5) is 0 Å². The molecule has 0 fully saturated rings. The highest BCUT2D eigenvalue weighted by Gasteiger charge is 2.40. The number of nitriles is 2. The van der Waals surface area contributed by atoms with Gasteiger partial charge in [-0.3, -0.25) is 4.79 Å². The van der Waals surface area contributed by atoms with Crippen LogP contribution in [0.25, 0.3) is 0 Å². The molecule has 1 aromatic carbocycles. The minimum Gasteiger partial charge on any atom is -0.272 e. The fraction of sp³-hybridized carbons (Fsp3) is 0.286. The molecule has 0 aliphatic carbocycles. The smallest absolute Gasteiger partial charge is 0.249 e. The van der Waals surface area contributed by atoms with Crippen molar-refractivity contribution in [2.75, 3.05) is 0 Å². The topological polar surface area (TPSA) is 89.0 Å². The SMILES string of the molecule is CC1=NNC(=O)[C@H]1[C@@H](c1ccccc1)C(C#N)C#N. The Bertz CT molecular complexity index is 580. The Morgan fingerprint density at radius 3 is 2.37 bits per heavy atom. The van der Waals surface area contributed by atoms with Gasteiger partial charge >= 0.3 is 0 Å². The largest absolute Gasteiger partial charge is 0.272 e. The summed E-state index contributed by atoms with van der Waals surface area (Å²) in [6, 6.07) is 13.1. The second kappa shape index (κ2) is 5.32. The Hall–Kier alpha value is -2.66. The Morgan fingerprint density at radius 2 is 1.89 bits per heavy atom. The van der Waals surface area contributed by atoms with Gasteiger partial charge in [-0.1, -0.05) is 30.3 Å². The molecule has 1 heterocycles. The van der Waals surface area contributed by atoms with Crippen molar-refractivity contribution in [2.45, 2.75) is 12.8 Å². The van der Waals surface area contributed by atoms with Crippen LogP contribution >= 0.6 is 0 Å². The number of hydrogen-bond acceptors (Lipinski definition) is 4. The van der Waals surface area contributed by atoms with Crippen molar-refractivity contribution in [2.24, 2.45) is 16.9 Å². The van der Waals surface area contributed by atoms with Gasteiger partial charge in [0.15, 0.2) is 0 Å². The van der Waals surface area contributed by atoms with E-state index in [1.165, 1.54) is 0 Å². The zero-order chi connectivity index (χ0) is 13.8. The second-order valence-electron chi connectivity index (χ2n) is 4.38. The first-order valence-electron chi connectivity index (χ1n) is 5.87. The molecule has 94 valence electrons. The van der Waals surface area contributed by atoms with Crippen LogP contribution in [0.1, 0.15) is 18.4 Å². The molecule has 1 aliphatic rings. The molecular formula is C14H12N4O. The summed E-state index contributed by atoms with van der Waals surface area (Å²) in [6.45, 7) is 1.73. The van der Waals surface area contributed by atoms with Gasteiger partial charge in [0.2, 0.25) is 5.91 Å². The summed E-state index contributed by atoms with van der Waals surface area (Å²) >= 11 is 0. The number of nitrogens with zero attached hydrogens (tertiary/aromatic N) is 3. The molecule has 0 radical (unpaired) electrons. The normalized spacial score (nSPS) is 19.3. The molecule has 0 bridgehead atoms.